The molecular formula is C20H20N2O3S2. The lowest BCUT2D eigenvalue weighted by molar-refractivity contribution is 0.0533. The molecule has 1 aromatic carbocycles. The molecule has 0 saturated carbocycles. The van der Waals surface area contributed by atoms with Gasteiger partial charge < -0.3 is 10.1 Å². The molecule has 140 valence electrons. The van der Waals surface area contributed by atoms with Gasteiger partial charge in [-0.15, -0.1) is 23.1 Å². The third-order valence-electron chi connectivity index (χ3n) is 4.04. The molecule has 0 aliphatic carbocycles. The second-order valence-electron chi connectivity index (χ2n) is 5.94. The van der Waals surface area contributed by atoms with Crippen LogP contribution < -0.4 is 5.32 Å². The Bertz CT molecular complexity index is 1030. The first-order valence-electron chi connectivity index (χ1n) is 8.48. The second-order valence-corrected chi connectivity index (χ2v) is 7.79. The van der Waals surface area contributed by atoms with Crippen molar-refractivity contribution < 1.29 is 14.3 Å². The summed E-state index contributed by atoms with van der Waals surface area (Å²) in [5.41, 5.74) is 2.86. The van der Waals surface area contributed by atoms with Crippen LogP contribution in [0, 0.1) is 13.8 Å². The van der Waals surface area contributed by atoms with Crippen molar-refractivity contribution in [3.63, 3.8) is 0 Å². The van der Waals surface area contributed by atoms with Gasteiger partial charge in [-0.05, 0) is 50.8 Å². The van der Waals surface area contributed by atoms with E-state index < -0.39 is 5.97 Å². The minimum absolute atomic E-state index is 0.259. The zero-order chi connectivity index (χ0) is 19.6. The molecule has 27 heavy (non-hydrogen) atoms. The van der Waals surface area contributed by atoms with Gasteiger partial charge in [0.25, 0.3) is 5.91 Å². The van der Waals surface area contributed by atoms with Crippen molar-refractivity contribution in [2.24, 2.45) is 0 Å². The van der Waals surface area contributed by atoms with Gasteiger partial charge >= 0.3 is 5.97 Å². The number of hydrogen-bond acceptors (Lipinski definition) is 6. The average molecular weight is 401 g/mol. The van der Waals surface area contributed by atoms with Gasteiger partial charge in [-0.2, -0.15) is 0 Å². The molecule has 3 rings (SSSR count). The molecule has 7 heteroatoms. The summed E-state index contributed by atoms with van der Waals surface area (Å²) in [6.07, 6.45) is 1.92. The monoisotopic (exact) mass is 400 g/mol. The predicted octanol–water partition coefficient (Wildman–Crippen LogP) is 5.06. The lowest BCUT2D eigenvalue weighted by Crippen LogP contribution is -2.15. The number of pyridine rings is 1. The van der Waals surface area contributed by atoms with Gasteiger partial charge in [0.05, 0.1) is 17.9 Å². The molecule has 0 saturated heterocycles. The number of amides is 1. The number of benzene rings is 1. The molecule has 2 aromatic heterocycles. The van der Waals surface area contributed by atoms with Gasteiger partial charge in [0, 0.05) is 16.0 Å². The van der Waals surface area contributed by atoms with Crippen LogP contribution in [0.5, 0.6) is 0 Å². The molecule has 0 aliphatic rings. The van der Waals surface area contributed by atoms with E-state index >= 15 is 0 Å². The van der Waals surface area contributed by atoms with E-state index in [0.29, 0.717) is 21.0 Å². The summed E-state index contributed by atoms with van der Waals surface area (Å²) >= 11 is 2.74. The largest absolute Gasteiger partial charge is 0.462 e. The third-order valence-corrected chi connectivity index (χ3v) is 5.90. The van der Waals surface area contributed by atoms with Crippen molar-refractivity contribution in [2.75, 3.05) is 18.2 Å². The molecule has 1 amide bonds. The first-order chi connectivity index (χ1) is 13.0. The number of carbonyl (C=O) groups excluding carboxylic acids is 2. The molecule has 0 unspecified atom stereocenters. The standard InChI is InChI=1S/C20H20N2O3S2/c1-5-25-20(24)17-16(15-11(2)10-12(3)21-19(15)27-17)22-18(23)13-8-6-7-9-14(13)26-4/h6-10H,5H2,1-4H3,(H,22,23). The molecule has 5 nitrogen and oxygen atoms in total. The molecular weight excluding hydrogens is 380 g/mol. The highest BCUT2D eigenvalue weighted by Crippen LogP contribution is 2.38. The number of ether oxygens (including phenoxy) is 1. The van der Waals surface area contributed by atoms with Crippen LogP contribution in [-0.2, 0) is 4.74 Å². The molecule has 2 heterocycles. The van der Waals surface area contributed by atoms with Crippen molar-refractivity contribution in [3.05, 3.63) is 52.0 Å². The number of thiophene rings is 1. The van der Waals surface area contributed by atoms with E-state index in [-0.39, 0.29) is 12.5 Å². The Morgan fingerprint density at radius 3 is 2.70 bits per heavy atom. The summed E-state index contributed by atoms with van der Waals surface area (Å²) in [5, 5.41) is 3.72. The van der Waals surface area contributed by atoms with E-state index in [1.54, 1.807) is 13.0 Å². The quantitative estimate of drug-likeness (QED) is 0.479. The molecule has 1 N–H and O–H groups in total. The van der Waals surface area contributed by atoms with Gasteiger partial charge in [0.2, 0.25) is 0 Å². The molecule has 0 aliphatic heterocycles. The highest BCUT2D eigenvalue weighted by Gasteiger charge is 2.24. The first-order valence-corrected chi connectivity index (χ1v) is 10.5. The Kier molecular flexibility index (Phi) is 5.82. The Labute approximate surface area is 166 Å². The number of fused-ring (bicyclic) bond motifs is 1. The molecule has 3 aromatic rings. The fraction of sp³-hybridized carbons (Fsp3) is 0.250. The molecule has 0 spiro atoms. The van der Waals surface area contributed by atoms with Gasteiger partial charge in [-0.1, -0.05) is 12.1 Å². The summed E-state index contributed by atoms with van der Waals surface area (Å²) < 4.78 is 5.19. The Hall–Kier alpha value is -2.38. The minimum atomic E-state index is -0.453. The fourth-order valence-corrected chi connectivity index (χ4v) is 4.66. The van der Waals surface area contributed by atoms with Crippen molar-refractivity contribution >= 4 is 50.9 Å². The molecule has 0 bridgehead atoms. The predicted molar refractivity (Wildman–Crippen MR) is 111 cm³/mol. The van der Waals surface area contributed by atoms with Crippen LogP contribution >= 0.6 is 23.1 Å². The summed E-state index contributed by atoms with van der Waals surface area (Å²) in [5.74, 6) is -0.712. The van der Waals surface area contributed by atoms with E-state index in [1.807, 2.05) is 44.4 Å². The number of thioether (sulfide) groups is 1. The fourth-order valence-electron chi connectivity index (χ4n) is 2.91. The maximum Gasteiger partial charge on any atom is 0.350 e. The van der Waals surface area contributed by atoms with E-state index in [2.05, 4.69) is 10.3 Å². The summed E-state index contributed by atoms with van der Waals surface area (Å²) in [7, 11) is 0. The Morgan fingerprint density at radius 1 is 1.26 bits per heavy atom. The van der Waals surface area contributed by atoms with Gasteiger partial charge in [0.15, 0.2) is 0 Å². The lowest BCUT2D eigenvalue weighted by atomic mass is 10.1. The van der Waals surface area contributed by atoms with E-state index in [4.69, 9.17) is 4.74 Å². The van der Waals surface area contributed by atoms with Gasteiger partial charge in [0.1, 0.15) is 9.71 Å². The number of aryl methyl sites for hydroxylation is 2. The van der Waals surface area contributed by atoms with Crippen LogP contribution in [0.2, 0.25) is 0 Å². The Morgan fingerprint density at radius 2 is 2.00 bits per heavy atom. The van der Waals surface area contributed by atoms with Crippen molar-refractivity contribution in [1.82, 2.24) is 4.98 Å². The maximum absolute atomic E-state index is 13.0. The first kappa shape index (κ1) is 19.4. The van der Waals surface area contributed by atoms with Crippen LogP contribution in [0.1, 0.15) is 38.2 Å². The van der Waals surface area contributed by atoms with Crippen LogP contribution in [0.15, 0.2) is 35.2 Å². The number of esters is 1. The number of nitrogens with zero attached hydrogens (tertiary/aromatic N) is 1. The van der Waals surface area contributed by atoms with Crippen molar-refractivity contribution in [3.8, 4) is 0 Å². The topological polar surface area (TPSA) is 68.3 Å². The SMILES string of the molecule is CCOC(=O)c1sc2nc(C)cc(C)c2c1NC(=O)c1ccccc1SC. The number of hydrogen-bond donors (Lipinski definition) is 1. The number of nitrogens with one attached hydrogen (secondary N) is 1. The summed E-state index contributed by atoms with van der Waals surface area (Å²) in [6, 6.07) is 9.32. The molecule has 0 fully saturated rings. The van der Waals surface area contributed by atoms with Crippen LogP contribution in [0.25, 0.3) is 10.2 Å². The number of carbonyl (C=O) groups is 2. The van der Waals surface area contributed by atoms with E-state index in [1.165, 1.54) is 23.1 Å². The third kappa shape index (κ3) is 3.84. The smallest absolute Gasteiger partial charge is 0.350 e. The zero-order valence-corrected chi connectivity index (χ0v) is 17.2. The van der Waals surface area contributed by atoms with E-state index in [9.17, 15) is 9.59 Å². The summed E-state index contributed by atoms with van der Waals surface area (Å²) in [6.45, 7) is 5.88. The summed E-state index contributed by atoms with van der Waals surface area (Å²) in [4.78, 5) is 31.9. The normalized spacial score (nSPS) is 10.8. The number of anilines is 1. The van der Waals surface area contributed by atoms with Crippen molar-refractivity contribution in [1.29, 1.82) is 0 Å². The Balaban J connectivity index is 2.12. The minimum Gasteiger partial charge on any atom is -0.462 e. The van der Waals surface area contributed by atoms with Crippen LogP contribution in [0.3, 0.4) is 0 Å². The van der Waals surface area contributed by atoms with Gasteiger partial charge in [-0.3, -0.25) is 4.79 Å². The molecule has 0 atom stereocenters. The number of aromatic nitrogens is 1. The molecule has 0 radical (unpaired) electrons. The highest BCUT2D eigenvalue weighted by atomic mass is 32.2. The van der Waals surface area contributed by atoms with Crippen LogP contribution in [-0.4, -0.2) is 29.7 Å². The van der Waals surface area contributed by atoms with Crippen molar-refractivity contribution in [2.45, 2.75) is 25.7 Å². The second kappa shape index (κ2) is 8.10. The zero-order valence-electron chi connectivity index (χ0n) is 15.6. The number of rotatable bonds is 5. The van der Waals surface area contributed by atoms with Gasteiger partial charge in [-0.25, -0.2) is 9.78 Å². The maximum atomic E-state index is 13.0. The van der Waals surface area contributed by atoms with Crippen LogP contribution in [0.4, 0.5) is 5.69 Å². The lowest BCUT2D eigenvalue weighted by Gasteiger charge is -2.10. The average Bonchev–Trinajstić information content (AvgIpc) is 3.00. The highest BCUT2D eigenvalue weighted by molar-refractivity contribution is 7.98. The van der Waals surface area contributed by atoms with E-state index in [0.717, 1.165) is 21.5 Å².